The lowest BCUT2D eigenvalue weighted by molar-refractivity contribution is -0.125. The fourth-order valence-electron chi connectivity index (χ4n) is 1.93. The zero-order valence-electron chi connectivity index (χ0n) is 7.11. The first-order valence-electron chi connectivity index (χ1n) is 4.12. The molecule has 0 aliphatic heterocycles. The van der Waals surface area contributed by atoms with Gasteiger partial charge in [-0.3, -0.25) is 4.79 Å². The third-order valence-corrected chi connectivity index (χ3v) is 2.95. The monoisotopic (exact) mass is 140 g/mol. The van der Waals surface area contributed by atoms with Gasteiger partial charge in [-0.2, -0.15) is 0 Å². The van der Waals surface area contributed by atoms with Gasteiger partial charge < -0.3 is 0 Å². The van der Waals surface area contributed by atoms with Crippen molar-refractivity contribution in [1.82, 2.24) is 0 Å². The first-order chi connectivity index (χ1) is 4.59. The number of carbonyl (C=O) groups is 1. The zero-order valence-corrected chi connectivity index (χ0v) is 7.11. The quantitative estimate of drug-likeness (QED) is 0.546. The Hall–Kier alpha value is -0.330. The molecule has 0 bridgehead atoms. The van der Waals surface area contributed by atoms with Crippen molar-refractivity contribution in [3.63, 3.8) is 0 Å². The summed E-state index contributed by atoms with van der Waals surface area (Å²) in [4.78, 5) is 11.3. The van der Waals surface area contributed by atoms with Crippen LogP contribution >= 0.6 is 0 Å². The maximum Gasteiger partial charge on any atom is 0.138 e. The lowest BCUT2D eigenvalue weighted by atomic mass is 9.80. The van der Waals surface area contributed by atoms with Gasteiger partial charge in [-0.1, -0.05) is 27.2 Å². The molecule has 1 unspecified atom stereocenters. The highest BCUT2D eigenvalue weighted by Gasteiger charge is 2.40. The largest absolute Gasteiger partial charge is 0.299 e. The molecule has 0 heterocycles. The SMILES string of the molecule is CCC1CCC(=O)C1(C)C. The topological polar surface area (TPSA) is 17.1 Å². The molecule has 1 aliphatic rings. The summed E-state index contributed by atoms with van der Waals surface area (Å²) in [7, 11) is 0. The number of ketones is 1. The summed E-state index contributed by atoms with van der Waals surface area (Å²) >= 11 is 0. The van der Waals surface area contributed by atoms with E-state index >= 15 is 0 Å². The van der Waals surface area contributed by atoms with Crippen LogP contribution in [-0.4, -0.2) is 5.78 Å². The van der Waals surface area contributed by atoms with Crippen molar-refractivity contribution in [2.24, 2.45) is 11.3 Å². The van der Waals surface area contributed by atoms with Crippen LogP contribution in [0, 0.1) is 11.3 Å². The second-order valence-corrected chi connectivity index (χ2v) is 3.79. The summed E-state index contributed by atoms with van der Waals surface area (Å²) in [6, 6.07) is 0. The van der Waals surface area contributed by atoms with E-state index in [4.69, 9.17) is 0 Å². The molecule has 1 fully saturated rings. The Morgan fingerprint density at radius 2 is 2.20 bits per heavy atom. The van der Waals surface area contributed by atoms with Gasteiger partial charge in [0.25, 0.3) is 0 Å². The summed E-state index contributed by atoms with van der Waals surface area (Å²) < 4.78 is 0. The van der Waals surface area contributed by atoms with Gasteiger partial charge in [-0.05, 0) is 12.3 Å². The predicted molar refractivity (Wildman–Crippen MR) is 41.8 cm³/mol. The number of hydrogen-bond donors (Lipinski definition) is 0. The standard InChI is InChI=1S/C9H16O/c1-4-7-5-6-8(10)9(7,2)3/h7H,4-6H2,1-3H3. The van der Waals surface area contributed by atoms with E-state index in [-0.39, 0.29) is 5.41 Å². The Kier molecular flexibility index (Phi) is 1.84. The molecule has 1 heteroatoms. The Morgan fingerprint density at radius 3 is 2.40 bits per heavy atom. The maximum absolute atomic E-state index is 11.3. The molecule has 0 aromatic rings. The van der Waals surface area contributed by atoms with Crippen molar-refractivity contribution in [3.05, 3.63) is 0 Å². The summed E-state index contributed by atoms with van der Waals surface area (Å²) in [6.07, 6.45) is 3.08. The Balaban J connectivity index is 2.73. The summed E-state index contributed by atoms with van der Waals surface area (Å²) in [6.45, 7) is 6.33. The van der Waals surface area contributed by atoms with Crippen molar-refractivity contribution in [1.29, 1.82) is 0 Å². The predicted octanol–water partition coefficient (Wildman–Crippen LogP) is 2.40. The molecule has 10 heavy (non-hydrogen) atoms. The van der Waals surface area contributed by atoms with Crippen molar-refractivity contribution in [3.8, 4) is 0 Å². The van der Waals surface area contributed by atoms with Crippen LogP contribution < -0.4 is 0 Å². The molecule has 1 rings (SSSR count). The Bertz CT molecular complexity index is 147. The number of carbonyl (C=O) groups excluding carboxylic acids is 1. The molecule has 1 atom stereocenters. The minimum Gasteiger partial charge on any atom is -0.299 e. The van der Waals surface area contributed by atoms with Crippen LogP contribution in [0.4, 0.5) is 0 Å². The molecule has 0 amide bonds. The van der Waals surface area contributed by atoms with Crippen molar-refractivity contribution < 1.29 is 4.79 Å². The number of hydrogen-bond acceptors (Lipinski definition) is 1. The molecule has 0 aromatic heterocycles. The molecule has 0 aromatic carbocycles. The van der Waals surface area contributed by atoms with Crippen LogP contribution in [0.3, 0.4) is 0 Å². The van der Waals surface area contributed by atoms with Crippen molar-refractivity contribution in [2.75, 3.05) is 0 Å². The van der Waals surface area contributed by atoms with E-state index in [0.29, 0.717) is 11.7 Å². The van der Waals surface area contributed by atoms with Gasteiger partial charge in [0.2, 0.25) is 0 Å². The van der Waals surface area contributed by atoms with Gasteiger partial charge in [0.15, 0.2) is 0 Å². The van der Waals surface area contributed by atoms with Gasteiger partial charge >= 0.3 is 0 Å². The van der Waals surface area contributed by atoms with Crippen molar-refractivity contribution >= 4 is 5.78 Å². The normalized spacial score (nSPS) is 31.1. The minimum atomic E-state index is -0.0191. The van der Waals surface area contributed by atoms with E-state index in [1.165, 1.54) is 0 Å². The van der Waals surface area contributed by atoms with Gasteiger partial charge in [-0.25, -0.2) is 0 Å². The highest BCUT2D eigenvalue weighted by molar-refractivity contribution is 5.86. The first kappa shape index (κ1) is 7.77. The van der Waals surface area contributed by atoms with Gasteiger partial charge in [0.05, 0.1) is 0 Å². The van der Waals surface area contributed by atoms with E-state index in [9.17, 15) is 4.79 Å². The molecule has 1 aliphatic carbocycles. The van der Waals surface area contributed by atoms with Gasteiger partial charge in [-0.15, -0.1) is 0 Å². The fraction of sp³-hybridized carbons (Fsp3) is 0.889. The zero-order chi connectivity index (χ0) is 7.78. The summed E-state index contributed by atoms with van der Waals surface area (Å²) in [5, 5.41) is 0. The van der Waals surface area contributed by atoms with Crippen LogP contribution in [0.1, 0.15) is 40.0 Å². The van der Waals surface area contributed by atoms with E-state index in [1.54, 1.807) is 0 Å². The van der Waals surface area contributed by atoms with E-state index in [1.807, 2.05) is 0 Å². The Labute approximate surface area is 62.8 Å². The fourth-order valence-corrected chi connectivity index (χ4v) is 1.93. The van der Waals surface area contributed by atoms with Crippen LogP contribution in [0.2, 0.25) is 0 Å². The molecule has 0 N–H and O–H groups in total. The highest BCUT2D eigenvalue weighted by Crippen LogP contribution is 2.41. The van der Waals surface area contributed by atoms with Crippen LogP contribution in [0.5, 0.6) is 0 Å². The van der Waals surface area contributed by atoms with Crippen molar-refractivity contribution in [2.45, 2.75) is 40.0 Å². The third kappa shape index (κ3) is 0.979. The summed E-state index contributed by atoms with van der Waals surface area (Å²) in [5.41, 5.74) is -0.0191. The summed E-state index contributed by atoms with van der Waals surface area (Å²) in [5.74, 6) is 1.10. The smallest absolute Gasteiger partial charge is 0.138 e. The van der Waals surface area contributed by atoms with Gasteiger partial charge in [0, 0.05) is 11.8 Å². The molecule has 58 valence electrons. The average Bonchev–Trinajstić information content (AvgIpc) is 2.10. The Morgan fingerprint density at radius 1 is 1.60 bits per heavy atom. The first-order valence-corrected chi connectivity index (χ1v) is 4.12. The lowest BCUT2D eigenvalue weighted by Crippen LogP contribution is -2.24. The highest BCUT2D eigenvalue weighted by atomic mass is 16.1. The molecule has 0 spiro atoms. The molecule has 0 radical (unpaired) electrons. The molecule has 1 nitrogen and oxygen atoms in total. The molecule has 0 saturated heterocycles. The number of Topliss-reactive ketones (excluding diaryl/α,β-unsaturated/α-hetero) is 1. The molecular formula is C9H16O. The van der Waals surface area contributed by atoms with E-state index in [2.05, 4.69) is 20.8 Å². The van der Waals surface area contributed by atoms with Crippen LogP contribution in [0.15, 0.2) is 0 Å². The maximum atomic E-state index is 11.3. The molecule has 1 saturated carbocycles. The van der Waals surface area contributed by atoms with Crippen LogP contribution in [-0.2, 0) is 4.79 Å². The second-order valence-electron chi connectivity index (χ2n) is 3.79. The van der Waals surface area contributed by atoms with E-state index in [0.717, 1.165) is 19.3 Å². The van der Waals surface area contributed by atoms with Crippen LogP contribution in [0.25, 0.3) is 0 Å². The minimum absolute atomic E-state index is 0.0191. The van der Waals surface area contributed by atoms with E-state index < -0.39 is 0 Å². The third-order valence-electron chi connectivity index (χ3n) is 2.95. The lowest BCUT2D eigenvalue weighted by Gasteiger charge is -2.23. The number of rotatable bonds is 1. The van der Waals surface area contributed by atoms with Gasteiger partial charge in [0.1, 0.15) is 5.78 Å². The second kappa shape index (κ2) is 2.37. The molecular weight excluding hydrogens is 124 g/mol. The average molecular weight is 140 g/mol.